The lowest BCUT2D eigenvalue weighted by atomic mass is 10.1. The molecule has 1 aromatic carbocycles. The maximum Gasteiger partial charge on any atom is 0.490 e. The average Bonchev–Trinajstić information content (AvgIpc) is 3.49. The molecule has 0 spiro atoms. The van der Waals surface area contributed by atoms with Crippen molar-refractivity contribution in [3.8, 4) is 5.75 Å². The second-order valence-electron chi connectivity index (χ2n) is 10.8. The zero-order valence-electron chi connectivity index (χ0n) is 23.8. The van der Waals surface area contributed by atoms with Crippen LogP contribution in [0.3, 0.4) is 0 Å². The van der Waals surface area contributed by atoms with Crippen LogP contribution < -0.4 is 15.0 Å². The molecule has 3 aliphatic heterocycles. The van der Waals surface area contributed by atoms with E-state index in [1.165, 1.54) is 12.1 Å². The maximum absolute atomic E-state index is 14.0. The number of nitrogens with zero attached hydrogens (tertiary/aromatic N) is 4. The van der Waals surface area contributed by atoms with Crippen molar-refractivity contribution in [1.29, 1.82) is 0 Å². The van der Waals surface area contributed by atoms with Crippen molar-refractivity contribution >= 4 is 23.5 Å². The lowest BCUT2D eigenvalue weighted by molar-refractivity contribution is -0.192. The van der Waals surface area contributed by atoms with Crippen molar-refractivity contribution in [3.05, 3.63) is 41.2 Å². The van der Waals surface area contributed by atoms with Gasteiger partial charge in [-0.2, -0.15) is 13.2 Å². The summed E-state index contributed by atoms with van der Waals surface area (Å²) < 4.78 is 70.4. The molecule has 43 heavy (non-hydrogen) atoms. The molecule has 3 aliphatic rings. The topological polar surface area (TPSA) is 117 Å². The maximum atomic E-state index is 14.0. The summed E-state index contributed by atoms with van der Waals surface area (Å²) in [6, 6.07) is 3.54. The third-order valence-electron chi connectivity index (χ3n) is 7.11. The number of aliphatic carboxylic acids is 1. The number of anilines is 2. The highest BCUT2D eigenvalue weighted by atomic mass is 19.4. The van der Waals surface area contributed by atoms with E-state index in [1.54, 1.807) is 0 Å². The molecule has 10 nitrogen and oxygen atoms in total. The predicted octanol–water partition coefficient (Wildman–Crippen LogP) is 4.32. The number of amides is 1. The van der Waals surface area contributed by atoms with Gasteiger partial charge in [0.1, 0.15) is 18.0 Å². The zero-order chi connectivity index (χ0) is 31.3. The van der Waals surface area contributed by atoms with Gasteiger partial charge in [0.15, 0.2) is 23.2 Å². The van der Waals surface area contributed by atoms with E-state index in [0.717, 1.165) is 36.1 Å². The Morgan fingerprint density at radius 3 is 2.37 bits per heavy atom. The molecular weight excluding hydrogens is 581 g/mol. The summed E-state index contributed by atoms with van der Waals surface area (Å²) in [4.78, 5) is 35.7. The third kappa shape index (κ3) is 8.42. The van der Waals surface area contributed by atoms with Gasteiger partial charge >= 0.3 is 12.1 Å². The van der Waals surface area contributed by atoms with Crippen LogP contribution in [0, 0.1) is 11.6 Å². The number of nitrogens with one attached hydrogen (secondary N) is 1. The Balaban J connectivity index is 0.000000541. The summed E-state index contributed by atoms with van der Waals surface area (Å²) in [7, 11) is 0. The van der Waals surface area contributed by atoms with Crippen LogP contribution in [0.25, 0.3) is 0 Å². The minimum atomic E-state index is -5.08. The summed E-state index contributed by atoms with van der Waals surface area (Å²) in [5.41, 5.74) is 1.74. The van der Waals surface area contributed by atoms with Crippen LogP contribution in [0.1, 0.15) is 50.9 Å². The minimum absolute atomic E-state index is 0.0436. The summed E-state index contributed by atoms with van der Waals surface area (Å²) in [5.74, 6) is -2.44. The highest BCUT2D eigenvalue weighted by Gasteiger charge is 2.38. The fourth-order valence-electron chi connectivity index (χ4n) is 5.01. The number of carbonyl (C=O) groups excluding carboxylic acids is 1. The summed E-state index contributed by atoms with van der Waals surface area (Å²) in [6.07, 6.45) is -1.86. The average molecular weight is 616 g/mol. The second kappa shape index (κ2) is 13.7. The van der Waals surface area contributed by atoms with Gasteiger partial charge in [-0.3, -0.25) is 4.79 Å². The molecule has 1 unspecified atom stereocenters. The Kier molecular flexibility index (Phi) is 10.2. The predicted molar refractivity (Wildman–Crippen MR) is 145 cm³/mol. The molecule has 0 aliphatic carbocycles. The van der Waals surface area contributed by atoms with Gasteiger partial charge in [-0.1, -0.05) is 0 Å². The summed E-state index contributed by atoms with van der Waals surface area (Å²) >= 11 is 0. The summed E-state index contributed by atoms with van der Waals surface area (Å²) in [6.45, 7) is 7.15. The monoisotopic (exact) mass is 615 g/mol. The van der Waals surface area contributed by atoms with E-state index < -0.39 is 23.8 Å². The van der Waals surface area contributed by atoms with Crippen molar-refractivity contribution in [2.24, 2.45) is 0 Å². The first kappa shape index (κ1) is 32.2. The molecule has 1 atom stereocenters. The van der Waals surface area contributed by atoms with Crippen LogP contribution >= 0.6 is 0 Å². The number of carbonyl (C=O) groups is 2. The number of ether oxygens (including phenoxy) is 2. The number of piperidine rings is 1. The Morgan fingerprint density at radius 2 is 1.79 bits per heavy atom. The van der Waals surface area contributed by atoms with Gasteiger partial charge in [-0.05, 0) is 38.8 Å². The molecule has 2 saturated heterocycles. The van der Waals surface area contributed by atoms with E-state index in [1.807, 2.05) is 4.90 Å². The normalized spacial score (nSPS) is 19.0. The van der Waals surface area contributed by atoms with Crippen LogP contribution in [0.5, 0.6) is 5.75 Å². The molecule has 236 valence electrons. The van der Waals surface area contributed by atoms with Crippen molar-refractivity contribution < 1.29 is 46.1 Å². The molecule has 0 bridgehead atoms. The first-order valence-corrected chi connectivity index (χ1v) is 14.0. The van der Waals surface area contributed by atoms with E-state index in [2.05, 4.69) is 24.1 Å². The van der Waals surface area contributed by atoms with E-state index in [0.29, 0.717) is 57.9 Å². The molecule has 2 aromatic rings. The van der Waals surface area contributed by atoms with Crippen LogP contribution in [0.15, 0.2) is 18.2 Å². The minimum Gasteiger partial charge on any atom is -0.487 e. The van der Waals surface area contributed by atoms with Crippen molar-refractivity contribution in [2.45, 2.75) is 76.9 Å². The lowest BCUT2D eigenvalue weighted by Gasteiger charge is -2.35. The number of hydrogen-bond donors (Lipinski definition) is 2. The largest absolute Gasteiger partial charge is 0.490 e. The number of aromatic nitrogens is 2. The number of rotatable bonds is 6. The Morgan fingerprint density at radius 1 is 1.09 bits per heavy atom. The highest BCUT2D eigenvalue weighted by molar-refractivity contribution is 5.81. The first-order chi connectivity index (χ1) is 20.3. The van der Waals surface area contributed by atoms with Gasteiger partial charge in [0.25, 0.3) is 5.91 Å². The molecule has 1 aromatic heterocycles. The molecular formula is C28H34F5N5O5. The highest BCUT2D eigenvalue weighted by Crippen LogP contribution is 2.31. The van der Waals surface area contributed by atoms with Gasteiger partial charge in [-0.15, -0.1) is 0 Å². The SMILES string of the molecule is CC(C)Nc1nc2c(nc1N1CCC(Oc3ccc(F)cc3F)CC1)CCN(C(=O)C1CCCO1)C2.O=C(O)C(F)(F)F. The second-order valence-corrected chi connectivity index (χ2v) is 10.8. The molecule has 0 radical (unpaired) electrons. The van der Waals surface area contributed by atoms with Crippen LogP contribution in [-0.2, 0) is 27.3 Å². The van der Waals surface area contributed by atoms with Crippen LogP contribution in [0.4, 0.5) is 33.6 Å². The Bertz CT molecular complexity index is 1300. The third-order valence-corrected chi connectivity index (χ3v) is 7.11. The fourth-order valence-corrected chi connectivity index (χ4v) is 5.01. The lowest BCUT2D eigenvalue weighted by Crippen LogP contribution is -2.43. The zero-order valence-corrected chi connectivity index (χ0v) is 23.8. The number of carboxylic acid groups (broad SMARTS) is 1. The molecule has 0 saturated carbocycles. The first-order valence-electron chi connectivity index (χ1n) is 14.0. The van der Waals surface area contributed by atoms with E-state index in [-0.39, 0.29) is 29.9 Å². The van der Waals surface area contributed by atoms with Crippen molar-refractivity contribution in [2.75, 3.05) is 36.5 Å². The number of carboxylic acids is 1. The van der Waals surface area contributed by atoms with E-state index >= 15 is 0 Å². The Hall–Kier alpha value is -3.75. The molecule has 5 rings (SSSR count). The molecule has 2 fully saturated rings. The van der Waals surface area contributed by atoms with Crippen molar-refractivity contribution in [1.82, 2.24) is 14.9 Å². The smallest absolute Gasteiger partial charge is 0.487 e. The van der Waals surface area contributed by atoms with Gasteiger partial charge in [0.05, 0.1) is 17.9 Å². The Labute approximate surface area is 245 Å². The van der Waals surface area contributed by atoms with Crippen LogP contribution in [0.2, 0.25) is 0 Å². The molecule has 2 N–H and O–H groups in total. The molecule has 15 heteroatoms. The quantitative estimate of drug-likeness (QED) is 0.459. The number of benzene rings is 1. The van der Waals surface area contributed by atoms with E-state index in [9.17, 15) is 26.7 Å². The standard InChI is InChI=1S/C26H33F2N5O3.C2HF3O2/c1-16(2)29-24-25(32-10-7-18(8-11-32)36-22-6-5-17(27)14-19(22)28)31-20-9-12-33(15-21(20)30-24)26(34)23-4-3-13-35-23;3-2(4,5)1(6)7/h5-6,14,16,18,23H,3-4,7-13,15H2,1-2H3,(H,29,30);(H,6,7). The van der Waals surface area contributed by atoms with E-state index in [4.69, 9.17) is 29.3 Å². The van der Waals surface area contributed by atoms with Gasteiger partial charge in [0.2, 0.25) is 0 Å². The van der Waals surface area contributed by atoms with Gasteiger partial charge in [0, 0.05) is 57.6 Å². The van der Waals surface area contributed by atoms with Gasteiger partial charge < -0.3 is 29.7 Å². The number of alkyl halides is 3. The molecule has 4 heterocycles. The fraction of sp³-hybridized carbons (Fsp3) is 0.571. The van der Waals surface area contributed by atoms with Crippen molar-refractivity contribution in [3.63, 3.8) is 0 Å². The number of halogens is 5. The number of fused-ring (bicyclic) bond motifs is 1. The van der Waals surface area contributed by atoms with Crippen LogP contribution in [-0.4, -0.2) is 82.5 Å². The van der Waals surface area contributed by atoms with Gasteiger partial charge in [-0.25, -0.2) is 23.5 Å². The number of hydrogen-bond acceptors (Lipinski definition) is 8. The summed E-state index contributed by atoms with van der Waals surface area (Å²) in [5, 5.41) is 10.5. The molecule has 1 amide bonds.